The molecule has 0 spiro atoms. The van der Waals surface area contributed by atoms with E-state index in [0.717, 1.165) is 10.0 Å². The van der Waals surface area contributed by atoms with E-state index in [-0.39, 0.29) is 6.04 Å². The lowest BCUT2D eigenvalue weighted by molar-refractivity contribution is 0.140. The van der Waals surface area contributed by atoms with Gasteiger partial charge in [-0.1, -0.05) is 28.1 Å². The molecule has 1 aromatic rings. The van der Waals surface area contributed by atoms with Crippen molar-refractivity contribution in [3.8, 4) is 0 Å². The first-order chi connectivity index (χ1) is 9.41. The fourth-order valence-corrected chi connectivity index (χ4v) is 3.80. The summed E-state index contributed by atoms with van der Waals surface area (Å²) in [5, 5.41) is 0. The summed E-state index contributed by atoms with van der Waals surface area (Å²) < 4.78 is 25.6. The Bertz CT molecular complexity index is 556. The molecule has 0 amide bonds. The maximum absolute atomic E-state index is 11.5. The number of benzene rings is 1. The fraction of sp³-hybridized carbons (Fsp3) is 0.538. The monoisotopic (exact) mass is 361 g/mol. The number of hydrogen-bond acceptors (Lipinski definition) is 4. The fourth-order valence-electron chi connectivity index (χ4n) is 2.56. The van der Waals surface area contributed by atoms with Crippen molar-refractivity contribution in [3.63, 3.8) is 0 Å². The van der Waals surface area contributed by atoms with Crippen LogP contribution in [0.5, 0.6) is 0 Å². The SMILES string of the molecule is CS(=O)(=O)N1CCN(C(CN)c2cccc(Br)c2)CC1. The molecule has 1 saturated heterocycles. The number of piperazine rings is 1. The van der Waals surface area contributed by atoms with Gasteiger partial charge >= 0.3 is 0 Å². The van der Waals surface area contributed by atoms with Gasteiger partial charge in [-0.05, 0) is 17.7 Å². The van der Waals surface area contributed by atoms with Gasteiger partial charge in [-0.3, -0.25) is 4.90 Å². The third kappa shape index (κ3) is 3.79. The molecule has 1 aliphatic rings. The van der Waals surface area contributed by atoms with Crippen LogP contribution in [-0.2, 0) is 10.0 Å². The van der Waals surface area contributed by atoms with Crippen LogP contribution in [-0.4, -0.2) is 56.6 Å². The smallest absolute Gasteiger partial charge is 0.211 e. The number of nitrogens with zero attached hydrogens (tertiary/aromatic N) is 2. The van der Waals surface area contributed by atoms with Crippen LogP contribution in [0.3, 0.4) is 0 Å². The molecule has 1 heterocycles. The van der Waals surface area contributed by atoms with Crippen molar-refractivity contribution < 1.29 is 8.42 Å². The minimum absolute atomic E-state index is 0.134. The lowest BCUT2D eigenvalue weighted by Crippen LogP contribution is -2.50. The molecule has 2 rings (SSSR count). The molecule has 0 bridgehead atoms. The van der Waals surface area contributed by atoms with Crippen LogP contribution in [0.15, 0.2) is 28.7 Å². The predicted molar refractivity (Wildman–Crippen MR) is 83.9 cm³/mol. The van der Waals surface area contributed by atoms with E-state index in [0.29, 0.717) is 32.7 Å². The topological polar surface area (TPSA) is 66.6 Å². The number of nitrogens with two attached hydrogens (primary N) is 1. The summed E-state index contributed by atoms with van der Waals surface area (Å²) in [6, 6.07) is 8.24. The van der Waals surface area contributed by atoms with Gasteiger partial charge in [-0.25, -0.2) is 8.42 Å². The molecule has 1 fully saturated rings. The second-order valence-corrected chi connectivity index (χ2v) is 7.90. The molecular formula is C13H20BrN3O2S. The zero-order valence-electron chi connectivity index (χ0n) is 11.5. The number of hydrogen-bond donors (Lipinski definition) is 1. The maximum Gasteiger partial charge on any atom is 0.211 e. The minimum Gasteiger partial charge on any atom is -0.329 e. The molecule has 1 atom stereocenters. The van der Waals surface area contributed by atoms with Gasteiger partial charge in [-0.15, -0.1) is 0 Å². The Morgan fingerprint density at radius 3 is 2.45 bits per heavy atom. The van der Waals surface area contributed by atoms with Crippen LogP contribution in [0.25, 0.3) is 0 Å². The van der Waals surface area contributed by atoms with Gasteiger partial charge in [0, 0.05) is 43.2 Å². The highest BCUT2D eigenvalue weighted by Crippen LogP contribution is 2.24. The molecular weight excluding hydrogens is 342 g/mol. The lowest BCUT2D eigenvalue weighted by Gasteiger charge is -2.38. The van der Waals surface area contributed by atoms with Crippen LogP contribution in [0.1, 0.15) is 11.6 Å². The van der Waals surface area contributed by atoms with Gasteiger partial charge in [-0.2, -0.15) is 4.31 Å². The van der Waals surface area contributed by atoms with E-state index in [2.05, 4.69) is 33.0 Å². The van der Waals surface area contributed by atoms with E-state index < -0.39 is 10.0 Å². The zero-order valence-corrected chi connectivity index (χ0v) is 13.9. The maximum atomic E-state index is 11.5. The van der Waals surface area contributed by atoms with Crippen molar-refractivity contribution in [2.45, 2.75) is 6.04 Å². The zero-order chi connectivity index (χ0) is 14.8. The molecule has 7 heteroatoms. The minimum atomic E-state index is -3.09. The van der Waals surface area contributed by atoms with E-state index in [1.807, 2.05) is 12.1 Å². The normalized spacial score (nSPS) is 19.9. The van der Waals surface area contributed by atoms with E-state index in [1.165, 1.54) is 10.6 Å². The highest BCUT2D eigenvalue weighted by atomic mass is 79.9. The Morgan fingerprint density at radius 2 is 1.95 bits per heavy atom. The summed E-state index contributed by atoms with van der Waals surface area (Å²) >= 11 is 3.47. The molecule has 0 aliphatic carbocycles. The summed E-state index contributed by atoms with van der Waals surface area (Å²) in [6.07, 6.45) is 1.26. The molecule has 1 unspecified atom stereocenters. The van der Waals surface area contributed by atoms with Crippen LogP contribution in [0, 0.1) is 0 Å². The molecule has 0 radical (unpaired) electrons. The summed E-state index contributed by atoms with van der Waals surface area (Å²) in [7, 11) is -3.09. The molecule has 0 saturated carbocycles. The summed E-state index contributed by atoms with van der Waals surface area (Å²) in [5.41, 5.74) is 7.08. The van der Waals surface area contributed by atoms with Gasteiger partial charge in [0.15, 0.2) is 0 Å². The molecule has 112 valence electrons. The van der Waals surface area contributed by atoms with E-state index in [4.69, 9.17) is 5.73 Å². The Balaban J connectivity index is 2.08. The summed E-state index contributed by atoms with van der Waals surface area (Å²) in [6.45, 7) is 3.00. The van der Waals surface area contributed by atoms with Gasteiger partial charge < -0.3 is 5.73 Å². The second kappa shape index (κ2) is 6.53. The Labute approximate surface area is 128 Å². The molecule has 1 aromatic carbocycles. The lowest BCUT2D eigenvalue weighted by atomic mass is 10.0. The van der Waals surface area contributed by atoms with Crippen molar-refractivity contribution in [3.05, 3.63) is 34.3 Å². The van der Waals surface area contributed by atoms with Gasteiger partial charge in [0.2, 0.25) is 10.0 Å². The first-order valence-corrected chi connectivity index (χ1v) is 9.20. The molecule has 20 heavy (non-hydrogen) atoms. The Morgan fingerprint density at radius 1 is 1.30 bits per heavy atom. The first-order valence-electron chi connectivity index (χ1n) is 6.56. The van der Waals surface area contributed by atoms with E-state index in [1.54, 1.807) is 0 Å². The Hall–Kier alpha value is -0.470. The van der Waals surface area contributed by atoms with Crippen molar-refractivity contribution in [1.29, 1.82) is 0 Å². The van der Waals surface area contributed by atoms with Crippen molar-refractivity contribution in [2.24, 2.45) is 5.73 Å². The third-order valence-corrected chi connectivity index (χ3v) is 5.44. The van der Waals surface area contributed by atoms with E-state index >= 15 is 0 Å². The molecule has 0 aromatic heterocycles. The number of sulfonamides is 1. The van der Waals surface area contributed by atoms with Crippen LogP contribution < -0.4 is 5.73 Å². The summed E-state index contributed by atoms with van der Waals surface area (Å²) in [4.78, 5) is 2.25. The highest BCUT2D eigenvalue weighted by Gasteiger charge is 2.27. The van der Waals surface area contributed by atoms with Gasteiger partial charge in [0.25, 0.3) is 0 Å². The highest BCUT2D eigenvalue weighted by molar-refractivity contribution is 9.10. The number of rotatable bonds is 4. The average molecular weight is 362 g/mol. The van der Waals surface area contributed by atoms with Crippen molar-refractivity contribution in [1.82, 2.24) is 9.21 Å². The Kier molecular flexibility index (Phi) is 5.19. The van der Waals surface area contributed by atoms with Crippen LogP contribution in [0.4, 0.5) is 0 Å². The van der Waals surface area contributed by atoms with Crippen molar-refractivity contribution in [2.75, 3.05) is 39.0 Å². The van der Waals surface area contributed by atoms with Gasteiger partial charge in [0.05, 0.1) is 6.26 Å². The third-order valence-electron chi connectivity index (χ3n) is 3.64. The van der Waals surface area contributed by atoms with Crippen LogP contribution in [0.2, 0.25) is 0 Å². The molecule has 2 N–H and O–H groups in total. The molecule has 5 nitrogen and oxygen atoms in total. The predicted octanol–water partition coefficient (Wildman–Crippen LogP) is 1.03. The quantitative estimate of drug-likeness (QED) is 0.869. The second-order valence-electron chi connectivity index (χ2n) is 5.00. The first kappa shape index (κ1) is 15.9. The van der Waals surface area contributed by atoms with Crippen LogP contribution >= 0.6 is 15.9 Å². The van der Waals surface area contributed by atoms with Crippen molar-refractivity contribution >= 4 is 26.0 Å². The average Bonchev–Trinajstić information content (AvgIpc) is 2.39. The molecule has 1 aliphatic heterocycles. The number of halogens is 1. The van der Waals surface area contributed by atoms with Gasteiger partial charge in [0.1, 0.15) is 0 Å². The standard InChI is InChI=1S/C13H20BrN3O2S/c1-20(18,19)17-7-5-16(6-8-17)13(10-15)11-3-2-4-12(14)9-11/h2-4,9,13H,5-8,10,15H2,1H3. The van der Waals surface area contributed by atoms with E-state index in [9.17, 15) is 8.42 Å². The largest absolute Gasteiger partial charge is 0.329 e. The summed E-state index contributed by atoms with van der Waals surface area (Å²) in [5.74, 6) is 0.